The van der Waals surface area contributed by atoms with Crippen molar-refractivity contribution < 1.29 is 14.7 Å². The zero-order valence-electron chi connectivity index (χ0n) is 12.3. The van der Waals surface area contributed by atoms with Gasteiger partial charge in [0.1, 0.15) is 0 Å². The molecule has 1 heterocycles. The maximum Gasteiger partial charge on any atom is 0.307 e. The Bertz CT molecular complexity index is 825. The van der Waals surface area contributed by atoms with Gasteiger partial charge < -0.3 is 10.4 Å². The molecule has 1 amide bonds. The number of amides is 1. The molecule has 1 fully saturated rings. The van der Waals surface area contributed by atoms with Crippen molar-refractivity contribution in [3.8, 4) is 0 Å². The molecule has 0 saturated heterocycles. The first-order chi connectivity index (χ1) is 11.1. The SMILES string of the molecule is O=C(O)[C@H]1[C@H](C(=O)Nc2cccc3ncccc23)[C@H]2C=C[C@H]1C2. The van der Waals surface area contributed by atoms with Gasteiger partial charge in [-0.05, 0) is 42.5 Å². The van der Waals surface area contributed by atoms with E-state index in [-0.39, 0.29) is 17.7 Å². The van der Waals surface area contributed by atoms with Crippen LogP contribution in [0.4, 0.5) is 5.69 Å². The smallest absolute Gasteiger partial charge is 0.307 e. The summed E-state index contributed by atoms with van der Waals surface area (Å²) in [5, 5.41) is 13.2. The van der Waals surface area contributed by atoms with Crippen LogP contribution < -0.4 is 5.32 Å². The Hall–Kier alpha value is -2.69. The third-order valence-electron chi connectivity index (χ3n) is 4.95. The largest absolute Gasteiger partial charge is 0.481 e. The molecule has 23 heavy (non-hydrogen) atoms. The number of carbonyl (C=O) groups excluding carboxylic acids is 1. The molecule has 2 aliphatic carbocycles. The number of carboxylic acid groups (broad SMARTS) is 1. The van der Waals surface area contributed by atoms with Crippen molar-refractivity contribution in [3.63, 3.8) is 0 Å². The molecule has 1 saturated carbocycles. The Balaban J connectivity index is 1.65. The summed E-state index contributed by atoms with van der Waals surface area (Å²) in [6.45, 7) is 0. The molecule has 0 spiro atoms. The summed E-state index contributed by atoms with van der Waals surface area (Å²) < 4.78 is 0. The number of aliphatic carboxylic acids is 1. The van der Waals surface area contributed by atoms with Crippen LogP contribution in [0, 0.1) is 23.7 Å². The normalized spacial score (nSPS) is 28.2. The van der Waals surface area contributed by atoms with Crippen LogP contribution in [-0.4, -0.2) is 22.0 Å². The minimum atomic E-state index is -0.887. The molecule has 4 atom stereocenters. The highest BCUT2D eigenvalue weighted by Gasteiger charge is 2.51. The lowest BCUT2D eigenvalue weighted by molar-refractivity contribution is -0.146. The number of anilines is 1. The number of aromatic nitrogens is 1. The topological polar surface area (TPSA) is 79.3 Å². The minimum Gasteiger partial charge on any atom is -0.481 e. The molecule has 2 bridgehead atoms. The number of rotatable bonds is 3. The van der Waals surface area contributed by atoms with Crippen LogP contribution >= 0.6 is 0 Å². The van der Waals surface area contributed by atoms with E-state index in [0.29, 0.717) is 5.69 Å². The lowest BCUT2D eigenvalue weighted by Gasteiger charge is -2.24. The average Bonchev–Trinajstić information content (AvgIpc) is 3.16. The third-order valence-corrected chi connectivity index (χ3v) is 4.95. The summed E-state index contributed by atoms with van der Waals surface area (Å²) in [7, 11) is 0. The van der Waals surface area contributed by atoms with Crippen molar-refractivity contribution in [2.45, 2.75) is 6.42 Å². The Morgan fingerprint density at radius 3 is 2.65 bits per heavy atom. The van der Waals surface area contributed by atoms with Gasteiger partial charge in [0.05, 0.1) is 23.0 Å². The van der Waals surface area contributed by atoms with Crippen LogP contribution in [0.3, 0.4) is 0 Å². The maximum atomic E-state index is 12.7. The predicted molar refractivity (Wildman–Crippen MR) is 85.7 cm³/mol. The van der Waals surface area contributed by atoms with Crippen LogP contribution in [0.25, 0.3) is 10.9 Å². The van der Waals surface area contributed by atoms with Crippen LogP contribution in [0.15, 0.2) is 48.7 Å². The van der Waals surface area contributed by atoms with Crippen molar-refractivity contribution >= 4 is 28.5 Å². The van der Waals surface area contributed by atoms with Crippen LogP contribution in [-0.2, 0) is 9.59 Å². The van der Waals surface area contributed by atoms with E-state index in [4.69, 9.17) is 0 Å². The Labute approximate surface area is 133 Å². The van der Waals surface area contributed by atoms with E-state index < -0.39 is 17.8 Å². The van der Waals surface area contributed by atoms with Crippen LogP contribution in [0.5, 0.6) is 0 Å². The van der Waals surface area contributed by atoms with Gasteiger partial charge in [0.15, 0.2) is 0 Å². The van der Waals surface area contributed by atoms with Gasteiger partial charge in [0.25, 0.3) is 0 Å². The fourth-order valence-electron chi connectivity index (χ4n) is 3.94. The molecule has 2 aromatic rings. The lowest BCUT2D eigenvalue weighted by Crippen LogP contribution is -2.36. The second-order valence-electron chi connectivity index (χ2n) is 6.20. The molecule has 2 aliphatic rings. The number of carboxylic acids is 1. The molecule has 2 N–H and O–H groups in total. The van der Waals surface area contributed by atoms with E-state index in [1.165, 1.54) is 0 Å². The molecule has 0 aliphatic heterocycles. The Morgan fingerprint density at radius 1 is 1.09 bits per heavy atom. The van der Waals surface area contributed by atoms with Gasteiger partial charge in [0.2, 0.25) is 5.91 Å². The fourth-order valence-corrected chi connectivity index (χ4v) is 3.94. The number of hydrogen-bond donors (Lipinski definition) is 2. The number of benzene rings is 1. The van der Waals surface area contributed by atoms with E-state index in [1.807, 2.05) is 42.5 Å². The van der Waals surface area contributed by atoms with Crippen molar-refractivity contribution in [1.29, 1.82) is 0 Å². The Kier molecular flexibility index (Phi) is 3.15. The molecule has 4 rings (SSSR count). The maximum absolute atomic E-state index is 12.7. The number of nitrogens with one attached hydrogen (secondary N) is 1. The van der Waals surface area contributed by atoms with E-state index in [1.54, 1.807) is 6.20 Å². The molecular formula is C18H16N2O3. The third kappa shape index (κ3) is 2.20. The van der Waals surface area contributed by atoms with Gasteiger partial charge in [-0.2, -0.15) is 0 Å². The van der Waals surface area contributed by atoms with E-state index in [9.17, 15) is 14.7 Å². The predicted octanol–water partition coefficient (Wildman–Crippen LogP) is 2.70. The van der Waals surface area contributed by atoms with Crippen molar-refractivity contribution in [1.82, 2.24) is 4.98 Å². The van der Waals surface area contributed by atoms with Crippen molar-refractivity contribution in [2.24, 2.45) is 23.7 Å². The second kappa shape index (κ2) is 5.19. The zero-order valence-corrected chi connectivity index (χ0v) is 12.3. The number of hydrogen-bond acceptors (Lipinski definition) is 3. The van der Waals surface area contributed by atoms with Gasteiger partial charge in [-0.3, -0.25) is 14.6 Å². The lowest BCUT2D eigenvalue weighted by atomic mass is 9.82. The zero-order chi connectivity index (χ0) is 16.0. The monoisotopic (exact) mass is 308 g/mol. The van der Waals surface area contributed by atoms with Gasteiger partial charge in [-0.1, -0.05) is 18.2 Å². The highest BCUT2D eigenvalue weighted by molar-refractivity contribution is 6.03. The molecule has 0 unspecified atom stereocenters. The van der Waals surface area contributed by atoms with E-state index in [2.05, 4.69) is 10.3 Å². The number of nitrogens with zero attached hydrogens (tertiary/aromatic N) is 1. The molecule has 1 aromatic heterocycles. The number of pyridine rings is 1. The van der Waals surface area contributed by atoms with E-state index >= 15 is 0 Å². The van der Waals surface area contributed by atoms with Gasteiger partial charge in [-0.15, -0.1) is 0 Å². The summed E-state index contributed by atoms with van der Waals surface area (Å²) in [5.41, 5.74) is 1.48. The standard InChI is InChI=1S/C18H16N2O3/c21-17(15-10-6-7-11(9-10)16(15)18(22)23)20-14-5-1-4-13-12(14)3-2-8-19-13/h1-8,10-11,15-16H,9H2,(H,20,21)(H,22,23)/t10-,11-,15+,16+/m0/s1. The van der Waals surface area contributed by atoms with Gasteiger partial charge >= 0.3 is 5.97 Å². The first kappa shape index (κ1) is 13.9. The second-order valence-corrected chi connectivity index (χ2v) is 6.20. The summed E-state index contributed by atoms with van der Waals surface area (Å²) in [5.74, 6) is -2.24. The molecule has 5 heteroatoms. The summed E-state index contributed by atoms with van der Waals surface area (Å²) in [6, 6.07) is 9.25. The van der Waals surface area contributed by atoms with Gasteiger partial charge in [-0.25, -0.2) is 0 Å². The highest BCUT2D eigenvalue weighted by atomic mass is 16.4. The van der Waals surface area contributed by atoms with E-state index in [0.717, 1.165) is 17.3 Å². The molecular weight excluding hydrogens is 292 g/mol. The van der Waals surface area contributed by atoms with Crippen LogP contribution in [0.2, 0.25) is 0 Å². The number of allylic oxidation sites excluding steroid dienone is 2. The minimum absolute atomic E-state index is 0.0224. The number of carbonyl (C=O) groups is 2. The van der Waals surface area contributed by atoms with Crippen molar-refractivity contribution in [2.75, 3.05) is 5.32 Å². The first-order valence-corrected chi connectivity index (χ1v) is 7.71. The molecule has 0 radical (unpaired) electrons. The quantitative estimate of drug-likeness (QED) is 0.854. The average molecular weight is 308 g/mol. The fraction of sp³-hybridized carbons (Fsp3) is 0.278. The summed E-state index contributed by atoms with van der Waals surface area (Å²) >= 11 is 0. The van der Waals surface area contributed by atoms with Gasteiger partial charge in [0, 0.05) is 11.6 Å². The Morgan fingerprint density at radius 2 is 1.87 bits per heavy atom. The molecule has 1 aromatic carbocycles. The summed E-state index contributed by atoms with van der Waals surface area (Å²) in [4.78, 5) is 28.6. The first-order valence-electron chi connectivity index (χ1n) is 7.71. The highest BCUT2D eigenvalue weighted by Crippen LogP contribution is 2.48. The van der Waals surface area contributed by atoms with Crippen molar-refractivity contribution in [3.05, 3.63) is 48.7 Å². The summed E-state index contributed by atoms with van der Waals surface area (Å²) in [6.07, 6.45) is 6.38. The molecule has 5 nitrogen and oxygen atoms in total. The number of fused-ring (bicyclic) bond motifs is 3. The molecule has 116 valence electrons. The van der Waals surface area contributed by atoms with Crippen LogP contribution in [0.1, 0.15) is 6.42 Å².